The summed E-state index contributed by atoms with van der Waals surface area (Å²) in [6.45, 7) is 14.0. The van der Waals surface area contributed by atoms with Gasteiger partial charge >= 0.3 is 0 Å². The summed E-state index contributed by atoms with van der Waals surface area (Å²) in [5, 5.41) is 9.48. The van der Waals surface area contributed by atoms with Gasteiger partial charge in [-0.1, -0.05) is 106 Å². The molecule has 0 atom stereocenters. The van der Waals surface area contributed by atoms with Crippen LogP contribution >= 0.6 is 22.6 Å². The fraction of sp³-hybridized carbons (Fsp3) is 0.286. The van der Waals surface area contributed by atoms with Gasteiger partial charge in [0.05, 0.1) is 27.3 Å². The van der Waals surface area contributed by atoms with Crippen molar-refractivity contribution in [1.82, 2.24) is 4.40 Å². The van der Waals surface area contributed by atoms with Crippen LogP contribution in [0.15, 0.2) is 66.9 Å². The molecule has 7 aromatic rings. The summed E-state index contributed by atoms with van der Waals surface area (Å²) in [6, 6.07) is 23.1. The monoisotopic (exact) mass is 609 g/mol. The number of hydrogen-bond acceptors (Lipinski definition) is 0. The van der Waals surface area contributed by atoms with Gasteiger partial charge in [-0.15, -0.1) is 0 Å². The van der Waals surface area contributed by atoms with Crippen molar-refractivity contribution < 1.29 is 4.57 Å². The Morgan fingerprint density at radius 3 is 2.21 bits per heavy atom. The fourth-order valence-corrected chi connectivity index (χ4v) is 7.13. The topological polar surface area (TPSA) is 8.29 Å². The van der Waals surface area contributed by atoms with E-state index in [2.05, 4.69) is 147 Å². The maximum atomic E-state index is 2.64. The molecule has 4 aromatic carbocycles. The van der Waals surface area contributed by atoms with E-state index in [1.54, 1.807) is 0 Å². The van der Waals surface area contributed by atoms with Gasteiger partial charge in [-0.3, -0.25) is 0 Å². The Hall–Kier alpha value is -2.92. The van der Waals surface area contributed by atoms with Crippen LogP contribution in [0.1, 0.15) is 51.3 Å². The fourth-order valence-electron chi connectivity index (χ4n) is 6.75. The number of alkyl halides is 1. The van der Waals surface area contributed by atoms with Crippen molar-refractivity contribution >= 4 is 82.4 Å². The van der Waals surface area contributed by atoms with Gasteiger partial charge in [-0.05, 0) is 57.7 Å². The lowest BCUT2D eigenvalue weighted by atomic mass is 9.86. The molecule has 0 unspecified atom stereocenters. The third kappa shape index (κ3) is 3.27. The second-order valence-electron chi connectivity index (χ2n) is 12.8. The van der Waals surface area contributed by atoms with Crippen LogP contribution in [0.3, 0.4) is 0 Å². The standard InChI is InChI=1S/C35H34IN2/c1-20-23-10-8-9-11-24(23)27(19-35(5,6)36)32-29(20)33-30-21(16-17-37(33)7)12-14-26-25-15-13-22(34(2,3)4)18-28(25)38(32)31(26)30/h8-18H,19H2,1-7H3/q+1. The normalized spacial score (nSPS) is 13.4. The number of benzene rings is 4. The van der Waals surface area contributed by atoms with Crippen molar-refractivity contribution in [3.63, 3.8) is 0 Å². The van der Waals surface area contributed by atoms with E-state index >= 15 is 0 Å². The Labute approximate surface area is 237 Å². The average molecular weight is 610 g/mol. The number of fused-ring (bicyclic) bond motifs is 7. The molecular formula is C35H34IN2+. The molecule has 0 bridgehead atoms. The van der Waals surface area contributed by atoms with Crippen molar-refractivity contribution in [1.29, 1.82) is 0 Å². The zero-order valence-electron chi connectivity index (χ0n) is 23.3. The number of rotatable bonds is 2. The Morgan fingerprint density at radius 2 is 1.50 bits per heavy atom. The highest BCUT2D eigenvalue weighted by Crippen LogP contribution is 2.45. The van der Waals surface area contributed by atoms with Crippen molar-refractivity contribution in [2.75, 3.05) is 0 Å². The summed E-state index contributed by atoms with van der Waals surface area (Å²) in [4.78, 5) is 0. The van der Waals surface area contributed by atoms with E-state index in [0.717, 1.165) is 6.42 Å². The first-order valence-corrected chi connectivity index (χ1v) is 14.7. The first-order chi connectivity index (χ1) is 18.0. The Balaban J connectivity index is 1.90. The van der Waals surface area contributed by atoms with Gasteiger partial charge < -0.3 is 4.40 Å². The van der Waals surface area contributed by atoms with Crippen LogP contribution < -0.4 is 4.57 Å². The van der Waals surface area contributed by atoms with E-state index in [4.69, 9.17) is 0 Å². The van der Waals surface area contributed by atoms with Gasteiger partial charge in [-0.2, -0.15) is 0 Å². The molecule has 0 aliphatic carbocycles. The van der Waals surface area contributed by atoms with Gasteiger partial charge in [-0.25, -0.2) is 4.57 Å². The van der Waals surface area contributed by atoms with Crippen LogP contribution in [-0.4, -0.2) is 7.82 Å². The predicted molar refractivity (Wildman–Crippen MR) is 173 cm³/mol. The molecule has 0 saturated heterocycles. The largest absolute Gasteiger partial charge is 0.307 e. The lowest BCUT2D eigenvalue weighted by Crippen LogP contribution is -2.29. The zero-order chi connectivity index (χ0) is 26.7. The summed E-state index contributed by atoms with van der Waals surface area (Å²) in [6.07, 6.45) is 3.23. The van der Waals surface area contributed by atoms with Gasteiger partial charge in [0.15, 0.2) is 6.20 Å². The van der Waals surface area contributed by atoms with Gasteiger partial charge in [0.1, 0.15) is 7.05 Å². The first kappa shape index (κ1) is 24.1. The minimum atomic E-state index is 0.0778. The maximum absolute atomic E-state index is 2.64. The van der Waals surface area contributed by atoms with E-state index in [9.17, 15) is 0 Å². The molecule has 0 aliphatic rings. The highest BCUT2D eigenvalue weighted by atomic mass is 127. The maximum Gasteiger partial charge on any atom is 0.224 e. The molecule has 0 amide bonds. The van der Waals surface area contributed by atoms with E-state index in [0.29, 0.717) is 0 Å². The van der Waals surface area contributed by atoms with E-state index in [1.807, 2.05) is 0 Å². The van der Waals surface area contributed by atoms with Crippen LogP contribution in [0.25, 0.3) is 59.8 Å². The molecule has 0 saturated carbocycles. The SMILES string of the molecule is Cc1c2ccccc2c(CC(C)(C)I)c2c1c1c3c(ccc4c5ccc(C(C)(C)C)cc5n2c43)cc[n+]1C. The molecule has 3 aromatic heterocycles. The molecule has 3 heterocycles. The lowest BCUT2D eigenvalue weighted by molar-refractivity contribution is -0.643. The van der Waals surface area contributed by atoms with Gasteiger partial charge in [0.2, 0.25) is 5.52 Å². The molecule has 2 nitrogen and oxygen atoms in total. The van der Waals surface area contributed by atoms with Crippen molar-refractivity contribution in [3.05, 3.63) is 83.6 Å². The molecule has 0 spiro atoms. The third-order valence-corrected chi connectivity index (χ3v) is 8.89. The number of halogens is 1. The van der Waals surface area contributed by atoms with Crippen LogP contribution in [0.5, 0.6) is 0 Å². The highest BCUT2D eigenvalue weighted by Gasteiger charge is 2.29. The summed E-state index contributed by atoms with van der Waals surface area (Å²) in [5.41, 5.74) is 9.65. The number of hydrogen-bond donors (Lipinski definition) is 0. The van der Waals surface area contributed by atoms with Crippen molar-refractivity contribution in [3.8, 4) is 0 Å². The van der Waals surface area contributed by atoms with Crippen LogP contribution in [0.4, 0.5) is 0 Å². The molecule has 0 radical (unpaired) electrons. The number of aryl methyl sites for hydroxylation is 2. The average Bonchev–Trinajstić information content (AvgIpc) is 3.19. The van der Waals surface area contributed by atoms with Crippen molar-refractivity contribution in [2.45, 2.75) is 56.8 Å². The second-order valence-corrected chi connectivity index (χ2v) is 15.7. The number of aromatic nitrogens is 2. The molecule has 0 fully saturated rings. The van der Waals surface area contributed by atoms with E-state index in [-0.39, 0.29) is 8.84 Å². The Kier molecular flexibility index (Phi) is 4.97. The molecule has 38 heavy (non-hydrogen) atoms. The summed E-state index contributed by atoms with van der Waals surface area (Å²) in [5.74, 6) is 0. The van der Waals surface area contributed by atoms with Gasteiger partial charge in [0.25, 0.3) is 0 Å². The summed E-state index contributed by atoms with van der Waals surface area (Å²) in [7, 11) is 2.21. The molecule has 0 N–H and O–H groups in total. The van der Waals surface area contributed by atoms with Crippen LogP contribution in [-0.2, 0) is 18.9 Å². The minimum absolute atomic E-state index is 0.0778. The van der Waals surface area contributed by atoms with Crippen LogP contribution in [0, 0.1) is 6.92 Å². The smallest absolute Gasteiger partial charge is 0.224 e. The van der Waals surface area contributed by atoms with E-state index < -0.39 is 0 Å². The molecule has 190 valence electrons. The molecular weight excluding hydrogens is 575 g/mol. The Bertz CT molecular complexity index is 2080. The predicted octanol–water partition coefficient (Wildman–Crippen LogP) is 9.33. The summed E-state index contributed by atoms with van der Waals surface area (Å²) >= 11 is 2.63. The summed E-state index contributed by atoms with van der Waals surface area (Å²) < 4.78 is 5.11. The van der Waals surface area contributed by atoms with Gasteiger partial charge in [0, 0.05) is 20.3 Å². The lowest BCUT2D eigenvalue weighted by Gasteiger charge is -2.23. The molecule has 3 heteroatoms. The third-order valence-electron chi connectivity index (χ3n) is 8.51. The molecule has 0 aliphatic heterocycles. The van der Waals surface area contributed by atoms with Crippen LogP contribution in [0.2, 0.25) is 0 Å². The quantitative estimate of drug-likeness (QED) is 0.0607. The van der Waals surface area contributed by atoms with Crippen molar-refractivity contribution in [2.24, 2.45) is 7.05 Å². The minimum Gasteiger partial charge on any atom is -0.307 e. The number of nitrogens with zero attached hydrogens (tertiary/aromatic N) is 2. The molecule has 7 rings (SSSR count). The van der Waals surface area contributed by atoms with E-state index in [1.165, 1.54) is 76.5 Å². The number of pyridine rings is 2. The highest BCUT2D eigenvalue weighted by molar-refractivity contribution is 14.1. The second kappa shape index (κ2) is 7.81. The first-order valence-electron chi connectivity index (χ1n) is 13.6. The zero-order valence-corrected chi connectivity index (χ0v) is 25.5. The Morgan fingerprint density at radius 1 is 0.789 bits per heavy atom.